The maximum atomic E-state index is 12.1. The third-order valence-electron chi connectivity index (χ3n) is 4.93. The van der Waals surface area contributed by atoms with Crippen molar-refractivity contribution in [3.63, 3.8) is 0 Å². The summed E-state index contributed by atoms with van der Waals surface area (Å²) in [6.07, 6.45) is 5.91. The average molecular weight is 295 g/mol. The van der Waals surface area contributed by atoms with Gasteiger partial charge in [-0.1, -0.05) is 13.8 Å². The number of nitrogens with zero attached hydrogens (tertiary/aromatic N) is 1. The maximum Gasteiger partial charge on any atom is 0.237 e. The first kappa shape index (κ1) is 16.8. The highest BCUT2D eigenvalue weighted by molar-refractivity contribution is 5.81. The molecule has 3 unspecified atom stereocenters. The molecule has 122 valence electrons. The summed E-state index contributed by atoms with van der Waals surface area (Å²) in [5.74, 6) is 1.59. The van der Waals surface area contributed by atoms with Crippen LogP contribution in [0.15, 0.2) is 0 Å². The van der Waals surface area contributed by atoms with E-state index in [1.54, 1.807) is 0 Å². The molecule has 2 heterocycles. The van der Waals surface area contributed by atoms with Crippen molar-refractivity contribution in [3.05, 3.63) is 0 Å². The lowest BCUT2D eigenvalue weighted by Gasteiger charge is -2.37. The van der Waals surface area contributed by atoms with Gasteiger partial charge in [-0.05, 0) is 64.0 Å². The minimum Gasteiger partial charge on any atom is -0.354 e. The summed E-state index contributed by atoms with van der Waals surface area (Å²) in [5.41, 5.74) is 0. The normalized spacial score (nSPS) is 28.8. The Morgan fingerprint density at radius 3 is 2.76 bits per heavy atom. The Morgan fingerprint density at radius 2 is 2.10 bits per heavy atom. The molecule has 0 spiro atoms. The Labute approximate surface area is 130 Å². The number of carbonyl (C=O) groups excluding carboxylic acids is 1. The van der Waals surface area contributed by atoms with E-state index < -0.39 is 0 Å². The van der Waals surface area contributed by atoms with Crippen molar-refractivity contribution in [1.29, 1.82) is 0 Å². The van der Waals surface area contributed by atoms with Crippen molar-refractivity contribution in [2.45, 2.75) is 65.0 Å². The predicted molar refractivity (Wildman–Crippen MR) is 87.2 cm³/mol. The lowest BCUT2D eigenvalue weighted by Crippen LogP contribution is -2.47. The van der Waals surface area contributed by atoms with Gasteiger partial charge < -0.3 is 15.5 Å². The van der Waals surface area contributed by atoms with Gasteiger partial charge in [0.1, 0.15) is 0 Å². The Hall–Kier alpha value is -0.610. The fourth-order valence-electron chi connectivity index (χ4n) is 3.77. The van der Waals surface area contributed by atoms with Crippen molar-refractivity contribution < 1.29 is 4.79 Å². The fraction of sp³-hybridized carbons (Fsp3) is 0.941. The standard InChI is InChI=1S/C17H33N3O/c1-13(2)10-14(3)20-9-5-6-15(12-20)11-19-17(21)16-7-4-8-18-16/h13-16,18H,4-12H2,1-3H3,(H,19,21). The van der Waals surface area contributed by atoms with Crippen molar-refractivity contribution in [1.82, 2.24) is 15.5 Å². The summed E-state index contributed by atoms with van der Waals surface area (Å²) >= 11 is 0. The van der Waals surface area contributed by atoms with Gasteiger partial charge >= 0.3 is 0 Å². The number of rotatable bonds is 6. The van der Waals surface area contributed by atoms with Crippen LogP contribution in [-0.2, 0) is 4.79 Å². The van der Waals surface area contributed by atoms with Crippen molar-refractivity contribution >= 4 is 5.91 Å². The smallest absolute Gasteiger partial charge is 0.237 e. The molecule has 2 aliphatic heterocycles. The van der Waals surface area contributed by atoms with Crippen LogP contribution in [0.2, 0.25) is 0 Å². The SMILES string of the molecule is CC(C)CC(C)N1CCCC(CNC(=O)C2CCCN2)C1. The Balaban J connectivity index is 1.72. The van der Waals surface area contributed by atoms with Crippen LogP contribution in [0.25, 0.3) is 0 Å². The number of carbonyl (C=O) groups is 1. The first-order valence-corrected chi connectivity index (χ1v) is 8.81. The van der Waals surface area contributed by atoms with Crippen LogP contribution in [0.1, 0.15) is 52.9 Å². The van der Waals surface area contributed by atoms with Gasteiger partial charge in [0.05, 0.1) is 6.04 Å². The van der Waals surface area contributed by atoms with E-state index in [-0.39, 0.29) is 11.9 Å². The second-order valence-electron chi connectivity index (χ2n) is 7.38. The largest absolute Gasteiger partial charge is 0.354 e. The minimum atomic E-state index is 0.0598. The van der Waals surface area contributed by atoms with Crippen LogP contribution < -0.4 is 10.6 Å². The van der Waals surface area contributed by atoms with Crippen molar-refractivity contribution in [2.75, 3.05) is 26.2 Å². The molecule has 0 saturated carbocycles. The number of piperidine rings is 1. The highest BCUT2D eigenvalue weighted by atomic mass is 16.2. The number of hydrogen-bond donors (Lipinski definition) is 2. The van der Waals surface area contributed by atoms with Gasteiger partial charge in [0.15, 0.2) is 0 Å². The highest BCUT2D eigenvalue weighted by Gasteiger charge is 2.26. The summed E-state index contributed by atoms with van der Waals surface area (Å²) < 4.78 is 0. The highest BCUT2D eigenvalue weighted by Crippen LogP contribution is 2.21. The zero-order chi connectivity index (χ0) is 15.2. The molecule has 2 saturated heterocycles. The second kappa shape index (κ2) is 8.14. The number of amides is 1. The van der Waals surface area contributed by atoms with E-state index in [1.807, 2.05) is 0 Å². The molecule has 0 aromatic rings. The fourth-order valence-corrected chi connectivity index (χ4v) is 3.77. The predicted octanol–water partition coefficient (Wildman–Crippen LogP) is 2.00. The molecular formula is C17H33N3O. The minimum absolute atomic E-state index is 0.0598. The first-order valence-electron chi connectivity index (χ1n) is 8.81. The average Bonchev–Trinajstić information content (AvgIpc) is 2.98. The van der Waals surface area contributed by atoms with Gasteiger partial charge in [0.2, 0.25) is 5.91 Å². The van der Waals surface area contributed by atoms with Crippen LogP contribution in [0.3, 0.4) is 0 Å². The summed E-state index contributed by atoms with van der Waals surface area (Å²) in [7, 11) is 0. The van der Waals surface area contributed by atoms with E-state index in [9.17, 15) is 4.79 Å². The van der Waals surface area contributed by atoms with Crippen molar-refractivity contribution in [3.8, 4) is 0 Å². The van der Waals surface area contributed by atoms with E-state index in [2.05, 4.69) is 36.3 Å². The number of nitrogens with one attached hydrogen (secondary N) is 2. The molecule has 2 aliphatic rings. The van der Waals surface area contributed by atoms with E-state index in [0.29, 0.717) is 12.0 Å². The lowest BCUT2D eigenvalue weighted by atomic mass is 9.94. The third kappa shape index (κ3) is 5.26. The molecular weight excluding hydrogens is 262 g/mol. The van der Waals surface area contributed by atoms with Crippen LogP contribution in [0, 0.1) is 11.8 Å². The zero-order valence-electron chi connectivity index (χ0n) is 14.0. The molecule has 4 heteroatoms. The molecule has 2 N–H and O–H groups in total. The van der Waals surface area contributed by atoms with E-state index in [0.717, 1.165) is 38.4 Å². The van der Waals surface area contributed by atoms with E-state index in [1.165, 1.54) is 25.8 Å². The zero-order valence-corrected chi connectivity index (χ0v) is 14.0. The molecule has 0 aromatic carbocycles. The summed E-state index contributed by atoms with van der Waals surface area (Å²) in [6, 6.07) is 0.726. The second-order valence-corrected chi connectivity index (χ2v) is 7.38. The third-order valence-corrected chi connectivity index (χ3v) is 4.93. The topological polar surface area (TPSA) is 44.4 Å². The molecule has 2 rings (SSSR count). The first-order chi connectivity index (χ1) is 10.1. The Bertz CT molecular complexity index is 326. The molecule has 0 aliphatic carbocycles. The van der Waals surface area contributed by atoms with Gasteiger partial charge in [-0.15, -0.1) is 0 Å². The van der Waals surface area contributed by atoms with Gasteiger partial charge in [0.25, 0.3) is 0 Å². The van der Waals surface area contributed by atoms with Crippen molar-refractivity contribution in [2.24, 2.45) is 11.8 Å². The Morgan fingerprint density at radius 1 is 1.29 bits per heavy atom. The van der Waals surface area contributed by atoms with Crippen LogP contribution in [0.4, 0.5) is 0 Å². The number of hydrogen-bond acceptors (Lipinski definition) is 3. The summed E-state index contributed by atoms with van der Waals surface area (Å²) in [4.78, 5) is 14.7. The van der Waals surface area contributed by atoms with Crippen LogP contribution in [-0.4, -0.2) is 49.1 Å². The molecule has 0 radical (unpaired) electrons. The maximum absolute atomic E-state index is 12.1. The Kier molecular flexibility index (Phi) is 6.49. The van der Waals surface area contributed by atoms with Crippen LogP contribution >= 0.6 is 0 Å². The van der Waals surface area contributed by atoms with E-state index >= 15 is 0 Å². The molecule has 0 aromatic heterocycles. The molecule has 21 heavy (non-hydrogen) atoms. The van der Waals surface area contributed by atoms with Gasteiger partial charge in [-0.3, -0.25) is 4.79 Å². The summed E-state index contributed by atoms with van der Waals surface area (Å²) in [6.45, 7) is 11.2. The molecule has 3 atom stereocenters. The lowest BCUT2D eigenvalue weighted by molar-refractivity contribution is -0.123. The quantitative estimate of drug-likeness (QED) is 0.788. The van der Waals surface area contributed by atoms with Gasteiger partial charge in [-0.2, -0.15) is 0 Å². The molecule has 2 fully saturated rings. The molecule has 4 nitrogen and oxygen atoms in total. The van der Waals surface area contributed by atoms with Gasteiger partial charge in [-0.25, -0.2) is 0 Å². The molecule has 1 amide bonds. The number of likely N-dealkylation sites (tertiary alicyclic amines) is 1. The monoisotopic (exact) mass is 295 g/mol. The van der Waals surface area contributed by atoms with Gasteiger partial charge in [0, 0.05) is 19.1 Å². The summed E-state index contributed by atoms with van der Waals surface area (Å²) in [5, 5.41) is 6.44. The van der Waals surface area contributed by atoms with Crippen LogP contribution in [0.5, 0.6) is 0 Å². The van der Waals surface area contributed by atoms with E-state index in [4.69, 9.17) is 0 Å². The molecule has 0 bridgehead atoms.